The molecule has 2 rings (SSSR count). The van der Waals surface area contributed by atoms with E-state index in [1.807, 2.05) is 25.1 Å². The Bertz CT molecular complexity index is 666. The van der Waals surface area contributed by atoms with Crippen molar-refractivity contribution in [2.75, 3.05) is 0 Å². The highest BCUT2D eigenvalue weighted by molar-refractivity contribution is 5.68. The molecule has 1 N–H and O–H groups in total. The third-order valence-corrected chi connectivity index (χ3v) is 4.86. The first kappa shape index (κ1) is 21.4. The van der Waals surface area contributed by atoms with E-state index >= 15 is 0 Å². The molecule has 1 aliphatic rings. The molecule has 1 saturated heterocycles. The standard InChI is InChI=1S/C23H32O4/c1-18(13-14-20-11-6-5-7-12-20)9-8-10-19(2)15-22(3)17-23(4,27-26-22)16-21(24)25/h5-8,10-14,18-19H,9,15-17H2,1-4H3,(H,24,25)/b10-8+,14-13+/t18-,19-,22+,23-/m0/s1. The molecule has 0 bridgehead atoms. The third-order valence-electron chi connectivity index (χ3n) is 4.86. The summed E-state index contributed by atoms with van der Waals surface area (Å²) in [5, 5.41) is 9.02. The number of carboxylic acids is 1. The Morgan fingerprint density at radius 2 is 1.78 bits per heavy atom. The van der Waals surface area contributed by atoms with Crippen molar-refractivity contribution in [2.45, 2.75) is 64.6 Å². The van der Waals surface area contributed by atoms with Crippen molar-refractivity contribution in [3.63, 3.8) is 0 Å². The predicted molar refractivity (Wildman–Crippen MR) is 108 cm³/mol. The van der Waals surface area contributed by atoms with E-state index in [1.165, 1.54) is 5.56 Å². The van der Waals surface area contributed by atoms with Crippen LogP contribution in [0.25, 0.3) is 6.08 Å². The molecule has 0 aromatic heterocycles. The normalized spacial score (nSPS) is 28.0. The zero-order valence-electron chi connectivity index (χ0n) is 16.9. The molecule has 0 aliphatic carbocycles. The molecule has 27 heavy (non-hydrogen) atoms. The average molecular weight is 373 g/mol. The van der Waals surface area contributed by atoms with Crippen molar-refractivity contribution >= 4 is 12.0 Å². The van der Waals surface area contributed by atoms with Crippen LogP contribution in [0.2, 0.25) is 0 Å². The van der Waals surface area contributed by atoms with Crippen LogP contribution < -0.4 is 0 Å². The molecule has 4 heteroatoms. The van der Waals surface area contributed by atoms with E-state index in [0.29, 0.717) is 18.3 Å². The van der Waals surface area contributed by atoms with Crippen LogP contribution in [-0.2, 0) is 14.6 Å². The zero-order valence-corrected chi connectivity index (χ0v) is 16.9. The number of carbonyl (C=O) groups is 1. The van der Waals surface area contributed by atoms with Gasteiger partial charge in [0.05, 0.1) is 6.42 Å². The maximum Gasteiger partial charge on any atom is 0.306 e. The highest BCUT2D eigenvalue weighted by Gasteiger charge is 2.47. The Labute approximate surface area is 162 Å². The first-order valence-corrected chi connectivity index (χ1v) is 9.68. The van der Waals surface area contributed by atoms with Crippen molar-refractivity contribution in [3.05, 3.63) is 54.1 Å². The Morgan fingerprint density at radius 1 is 1.11 bits per heavy atom. The molecule has 1 aromatic carbocycles. The molecule has 4 atom stereocenters. The quantitative estimate of drug-likeness (QED) is 0.449. The third kappa shape index (κ3) is 7.31. The maximum absolute atomic E-state index is 11.0. The molecule has 0 unspecified atom stereocenters. The second kappa shape index (κ2) is 9.34. The predicted octanol–water partition coefficient (Wildman–Crippen LogP) is 5.65. The minimum absolute atomic E-state index is 0.0436. The van der Waals surface area contributed by atoms with Gasteiger partial charge in [-0.1, -0.05) is 68.5 Å². The summed E-state index contributed by atoms with van der Waals surface area (Å²) in [5.74, 6) is -0.0684. The molecule has 1 fully saturated rings. The van der Waals surface area contributed by atoms with Crippen molar-refractivity contribution in [2.24, 2.45) is 11.8 Å². The number of benzene rings is 1. The molecule has 1 heterocycles. The Hall–Kier alpha value is -1.91. The van der Waals surface area contributed by atoms with Gasteiger partial charge >= 0.3 is 5.97 Å². The van der Waals surface area contributed by atoms with Gasteiger partial charge in [0.25, 0.3) is 0 Å². The first-order chi connectivity index (χ1) is 12.7. The molecule has 0 saturated carbocycles. The summed E-state index contributed by atoms with van der Waals surface area (Å²) < 4.78 is 0. The summed E-state index contributed by atoms with van der Waals surface area (Å²) in [4.78, 5) is 21.9. The molecule has 148 valence electrons. The van der Waals surface area contributed by atoms with Crippen LogP contribution in [0.15, 0.2) is 48.6 Å². The van der Waals surface area contributed by atoms with Gasteiger partial charge in [-0.05, 0) is 44.1 Å². The van der Waals surface area contributed by atoms with Gasteiger partial charge in [0.1, 0.15) is 11.2 Å². The number of hydrogen-bond acceptors (Lipinski definition) is 3. The van der Waals surface area contributed by atoms with Crippen LogP contribution in [0.1, 0.15) is 58.9 Å². The lowest BCUT2D eigenvalue weighted by Crippen LogP contribution is -2.31. The highest BCUT2D eigenvalue weighted by Crippen LogP contribution is 2.41. The number of rotatable bonds is 9. The van der Waals surface area contributed by atoms with Gasteiger partial charge in [-0.3, -0.25) is 4.79 Å². The van der Waals surface area contributed by atoms with E-state index in [1.54, 1.807) is 6.92 Å². The van der Waals surface area contributed by atoms with Crippen LogP contribution in [0, 0.1) is 11.8 Å². The van der Waals surface area contributed by atoms with E-state index in [2.05, 4.69) is 50.3 Å². The fourth-order valence-corrected chi connectivity index (χ4v) is 3.76. The molecule has 0 radical (unpaired) electrons. The van der Waals surface area contributed by atoms with Crippen molar-refractivity contribution in [3.8, 4) is 0 Å². The lowest BCUT2D eigenvalue weighted by Gasteiger charge is -2.24. The van der Waals surface area contributed by atoms with Gasteiger partial charge in [0.15, 0.2) is 0 Å². The largest absolute Gasteiger partial charge is 0.481 e. The van der Waals surface area contributed by atoms with Crippen molar-refractivity contribution < 1.29 is 19.7 Å². The maximum atomic E-state index is 11.0. The molecule has 1 aromatic rings. The molecule has 0 amide bonds. The van der Waals surface area contributed by atoms with Gasteiger partial charge in [0, 0.05) is 6.42 Å². The van der Waals surface area contributed by atoms with Crippen LogP contribution in [0.3, 0.4) is 0 Å². The van der Waals surface area contributed by atoms with Gasteiger partial charge in [0.2, 0.25) is 0 Å². The minimum Gasteiger partial charge on any atom is -0.481 e. The topological polar surface area (TPSA) is 55.8 Å². The smallest absolute Gasteiger partial charge is 0.306 e. The summed E-state index contributed by atoms with van der Waals surface area (Å²) >= 11 is 0. The molecule has 0 spiro atoms. The average Bonchev–Trinajstić information content (AvgIpc) is 2.87. The van der Waals surface area contributed by atoms with Crippen LogP contribution in [0.5, 0.6) is 0 Å². The summed E-state index contributed by atoms with van der Waals surface area (Å²) in [6, 6.07) is 10.3. The van der Waals surface area contributed by atoms with Crippen molar-refractivity contribution in [1.29, 1.82) is 0 Å². The Balaban J connectivity index is 1.78. The summed E-state index contributed by atoms with van der Waals surface area (Å²) in [5.41, 5.74) is 0.0190. The fourth-order valence-electron chi connectivity index (χ4n) is 3.76. The van der Waals surface area contributed by atoms with Gasteiger partial charge in [-0.2, -0.15) is 0 Å². The van der Waals surface area contributed by atoms with Crippen molar-refractivity contribution in [1.82, 2.24) is 0 Å². The summed E-state index contributed by atoms with van der Waals surface area (Å²) in [6.07, 6.45) is 11.2. The van der Waals surface area contributed by atoms with Crippen LogP contribution >= 0.6 is 0 Å². The minimum atomic E-state index is -0.865. The Kier molecular flexibility index (Phi) is 7.40. The Morgan fingerprint density at radius 3 is 2.44 bits per heavy atom. The van der Waals surface area contributed by atoms with Gasteiger partial charge in [-0.25, -0.2) is 9.78 Å². The van der Waals surface area contributed by atoms with E-state index in [-0.39, 0.29) is 6.42 Å². The molecular formula is C23H32O4. The molecular weight excluding hydrogens is 340 g/mol. The fraction of sp³-hybridized carbons (Fsp3) is 0.522. The number of hydrogen-bond donors (Lipinski definition) is 1. The number of allylic oxidation sites excluding steroid dienone is 3. The second-order valence-corrected chi connectivity index (χ2v) is 8.41. The van der Waals surface area contributed by atoms with E-state index in [4.69, 9.17) is 14.9 Å². The van der Waals surface area contributed by atoms with E-state index in [9.17, 15) is 4.79 Å². The lowest BCUT2D eigenvalue weighted by atomic mass is 9.83. The monoisotopic (exact) mass is 372 g/mol. The SMILES string of the molecule is C[C@H](/C=C/c1ccccc1)C/C=C/[C@H](C)C[C@]1(C)C[C@](C)(CC(=O)O)OO1. The zero-order chi connectivity index (χ0) is 19.9. The van der Waals surface area contributed by atoms with Gasteiger partial charge in [-0.15, -0.1) is 0 Å². The summed E-state index contributed by atoms with van der Waals surface area (Å²) in [6.45, 7) is 8.16. The summed E-state index contributed by atoms with van der Waals surface area (Å²) in [7, 11) is 0. The highest BCUT2D eigenvalue weighted by atomic mass is 17.2. The van der Waals surface area contributed by atoms with E-state index < -0.39 is 17.2 Å². The number of aliphatic carboxylic acids is 1. The van der Waals surface area contributed by atoms with Crippen LogP contribution in [-0.4, -0.2) is 22.3 Å². The van der Waals surface area contributed by atoms with Gasteiger partial charge < -0.3 is 5.11 Å². The lowest BCUT2D eigenvalue weighted by molar-refractivity contribution is -0.346. The van der Waals surface area contributed by atoms with Crippen LogP contribution in [0.4, 0.5) is 0 Å². The molecule has 4 nitrogen and oxygen atoms in total. The molecule has 1 aliphatic heterocycles. The second-order valence-electron chi connectivity index (χ2n) is 8.41. The number of carboxylic acid groups (broad SMARTS) is 1. The first-order valence-electron chi connectivity index (χ1n) is 9.68. The van der Waals surface area contributed by atoms with E-state index in [0.717, 1.165) is 12.8 Å².